The number of rotatable bonds is 6. The highest BCUT2D eigenvalue weighted by Crippen LogP contribution is 2.30. The Balaban J connectivity index is 1.31. The van der Waals surface area contributed by atoms with Crippen molar-refractivity contribution in [2.24, 2.45) is 0 Å². The molecule has 0 atom stereocenters. The van der Waals surface area contributed by atoms with Crippen LogP contribution in [0.3, 0.4) is 0 Å². The zero-order valence-electron chi connectivity index (χ0n) is 23.2. The molecule has 4 heteroatoms. The molecule has 6 aromatic carbocycles. The molecule has 0 radical (unpaired) electrons. The normalized spacial score (nSPS) is 10.9. The first-order chi connectivity index (χ1) is 21.2. The maximum Gasteiger partial charge on any atom is 0.164 e. The van der Waals surface area contributed by atoms with Crippen molar-refractivity contribution >= 4 is 15.9 Å². The van der Waals surface area contributed by atoms with E-state index >= 15 is 0 Å². The smallest absolute Gasteiger partial charge is 0.164 e. The van der Waals surface area contributed by atoms with Crippen molar-refractivity contribution in [2.75, 3.05) is 0 Å². The van der Waals surface area contributed by atoms with Gasteiger partial charge in [0, 0.05) is 21.2 Å². The molecule has 204 valence electrons. The van der Waals surface area contributed by atoms with Gasteiger partial charge < -0.3 is 0 Å². The first-order valence-corrected chi connectivity index (χ1v) is 14.9. The summed E-state index contributed by atoms with van der Waals surface area (Å²) in [4.78, 5) is 14.9. The third-order valence-corrected chi connectivity index (χ3v) is 7.96. The molecular formula is C39H26BrN3. The molecule has 0 aliphatic rings. The number of hydrogen-bond donors (Lipinski definition) is 0. The Hall–Kier alpha value is -5.19. The number of benzene rings is 6. The van der Waals surface area contributed by atoms with E-state index in [1.54, 1.807) is 0 Å². The fourth-order valence-electron chi connectivity index (χ4n) is 5.13. The molecule has 43 heavy (non-hydrogen) atoms. The van der Waals surface area contributed by atoms with E-state index in [1.165, 1.54) is 11.1 Å². The van der Waals surface area contributed by atoms with E-state index in [2.05, 4.69) is 162 Å². The average Bonchev–Trinajstić information content (AvgIpc) is 3.09. The van der Waals surface area contributed by atoms with Crippen LogP contribution in [0.1, 0.15) is 0 Å². The molecule has 7 rings (SSSR count). The SMILES string of the molecule is Brc1ccc(-c2cccc(-c3nc(-c4ccc(-c5ccccc5)cc4)nc(-c4ccc(-c5ccccc5)cc4)n3)c2)cc1. The molecule has 0 saturated heterocycles. The monoisotopic (exact) mass is 615 g/mol. The summed E-state index contributed by atoms with van der Waals surface area (Å²) >= 11 is 3.54. The van der Waals surface area contributed by atoms with Crippen molar-refractivity contribution in [1.29, 1.82) is 0 Å². The van der Waals surface area contributed by atoms with Crippen LogP contribution in [0.5, 0.6) is 0 Å². The molecule has 0 bridgehead atoms. The van der Waals surface area contributed by atoms with Gasteiger partial charge in [-0.2, -0.15) is 0 Å². The van der Waals surface area contributed by atoms with Gasteiger partial charge in [-0.3, -0.25) is 0 Å². The van der Waals surface area contributed by atoms with Gasteiger partial charge in [0.1, 0.15) is 0 Å². The van der Waals surface area contributed by atoms with Crippen LogP contribution >= 0.6 is 15.9 Å². The lowest BCUT2D eigenvalue weighted by Gasteiger charge is -2.11. The molecule has 3 nitrogen and oxygen atoms in total. The Morgan fingerprint density at radius 3 is 1.09 bits per heavy atom. The number of nitrogens with zero attached hydrogens (tertiary/aromatic N) is 3. The minimum absolute atomic E-state index is 0.637. The fourth-order valence-corrected chi connectivity index (χ4v) is 5.39. The number of aromatic nitrogens is 3. The van der Waals surface area contributed by atoms with Gasteiger partial charge in [0.15, 0.2) is 17.5 Å². The summed E-state index contributed by atoms with van der Waals surface area (Å²) in [5, 5.41) is 0. The predicted octanol–water partition coefficient (Wildman–Crippen LogP) is 10.6. The van der Waals surface area contributed by atoms with Crippen LogP contribution in [0.4, 0.5) is 0 Å². The Morgan fingerprint density at radius 2 is 0.605 bits per heavy atom. The van der Waals surface area contributed by atoms with Crippen LogP contribution in [-0.4, -0.2) is 15.0 Å². The van der Waals surface area contributed by atoms with Gasteiger partial charge in [0.25, 0.3) is 0 Å². The minimum Gasteiger partial charge on any atom is -0.208 e. The molecular weight excluding hydrogens is 590 g/mol. The van der Waals surface area contributed by atoms with Gasteiger partial charge in [-0.1, -0.05) is 155 Å². The van der Waals surface area contributed by atoms with Gasteiger partial charge in [0.2, 0.25) is 0 Å². The lowest BCUT2D eigenvalue weighted by atomic mass is 10.0. The molecule has 0 N–H and O–H groups in total. The summed E-state index contributed by atoms with van der Waals surface area (Å²) in [6.07, 6.45) is 0. The molecule has 1 heterocycles. The van der Waals surface area contributed by atoms with E-state index in [1.807, 2.05) is 12.1 Å². The molecule has 0 amide bonds. The van der Waals surface area contributed by atoms with Crippen molar-refractivity contribution < 1.29 is 0 Å². The average molecular weight is 617 g/mol. The Labute approximate surface area is 259 Å². The van der Waals surface area contributed by atoms with Gasteiger partial charge in [-0.15, -0.1) is 0 Å². The summed E-state index contributed by atoms with van der Waals surface area (Å²) in [5.74, 6) is 1.92. The van der Waals surface area contributed by atoms with E-state index in [0.717, 1.165) is 43.4 Å². The first-order valence-electron chi connectivity index (χ1n) is 14.1. The largest absolute Gasteiger partial charge is 0.208 e. The summed E-state index contributed by atoms with van der Waals surface area (Å²) in [6, 6.07) is 54.3. The summed E-state index contributed by atoms with van der Waals surface area (Å²) in [7, 11) is 0. The van der Waals surface area contributed by atoms with E-state index in [-0.39, 0.29) is 0 Å². The van der Waals surface area contributed by atoms with Gasteiger partial charge in [-0.25, -0.2) is 15.0 Å². The fraction of sp³-hybridized carbons (Fsp3) is 0. The van der Waals surface area contributed by atoms with Crippen molar-refractivity contribution in [1.82, 2.24) is 15.0 Å². The maximum absolute atomic E-state index is 4.99. The third-order valence-electron chi connectivity index (χ3n) is 7.43. The Kier molecular flexibility index (Phi) is 7.43. The van der Waals surface area contributed by atoms with Gasteiger partial charge >= 0.3 is 0 Å². The molecule has 7 aromatic rings. The van der Waals surface area contributed by atoms with Crippen molar-refractivity contribution in [2.45, 2.75) is 0 Å². The van der Waals surface area contributed by atoms with Crippen LogP contribution in [-0.2, 0) is 0 Å². The zero-order valence-corrected chi connectivity index (χ0v) is 24.8. The Morgan fingerprint density at radius 1 is 0.279 bits per heavy atom. The van der Waals surface area contributed by atoms with Crippen LogP contribution in [0.15, 0.2) is 162 Å². The molecule has 1 aromatic heterocycles. The lowest BCUT2D eigenvalue weighted by Crippen LogP contribution is -2.00. The summed E-state index contributed by atoms with van der Waals surface area (Å²) in [6.45, 7) is 0. The predicted molar refractivity (Wildman–Crippen MR) is 180 cm³/mol. The highest BCUT2D eigenvalue weighted by molar-refractivity contribution is 9.10. The van der Waals surface area contributed by atoms with Crippen molar-refractivity contribution in [3.8, 4) is 67.5 Å². The van der Waals surface area contributed by atoms with E-state index < -0.39 is 0 Å². The first kappa shape index (κ1) is 26.7. The van der Waals surface area contributed by atoms with Crippen LogP contribution in [0.25, 0.3) is 67.5 Å². The summed E-state index contributed by atoms with van der Waals surface area (Å²) < 4.78 is 1.05. The molecule has 0 spiro atoms. The molecule has 0 aliphatic carbocycles. The third kappa shape index (κ3) is 5.92. The highest BCUT2D eigenvalue weighted by Gasteiger charge is 2.14. The molecule has 0 fully saturated rings. The highest BCUT2D eigenvalue weighted by atomic mass is 79.9. The van der Waals surface area contributed by atoms with Crippen molar-refractivity contribution in [3.05, 3.63) is 162 Å². The molecule has 0 unspecified atom stereocenters. The number of hydrogen-bond acceptors (Lipinski definition) is 3. The van der Waals surface area contributed by atoms with Crippen LogP contribution in [0.2, 0.25) is 0 Å². The van der Waals surface area contributed by atoms with E-state index in [9.17, 15) is 0 Å². The standard InChI is InChI=1S/C39H26BrN3/c40-36-24-22-31(23-25-36)34-12-7-13-35(26-34)39-42-37(32-18-14-29(15-19-32)27-8-3-1-4-9-27)41-38(43-39)33-20-16-30(17-21-33)28-10-5-2-6-11-28/h1-26H. The topological polar surface area (TPSA) is 38.7 Å². The number of halogens is 1. The van der Waals surface area contributed by atoms with Crippen molar-refractivity contribution in [3.63, 3.8) is 0 Å². The quantitative estimate of drug-likeness (QED) is 0.187. The summed E-state index contributed by atoms with van der Waals surface area (Å²) in [5.41, 5.74) is 9.70. The minimum atomic E-state index is 0.637. The van der Waals surface area contributed by atoms with E-state index in [4.69, 9.17) is 15.0 Å². The van der Waals surface area contributed by atoms with Gasteiger partial charge in [-0.05, 0) is 51.6 Å². The van der Waals surface area contributed by atoms with Crippen LogP contribution < -0.4 is 0 Å². The molecule has 0 aliphatic heterocycles. The maximum atomic E-state index is 4.99. The second-order valence-corrected chi connectivity index (χ2v) is 11.2. The Bertz CT molecular complexity index is 1890. The van der Waals surface area contributed by atoms with E-state index in [0.29, 0.717) is 17.5 Å². The lowest BCUT2D eigenvalue weighted by molar-refractivity contribution is 1.07. The second-order valence-electron chi connectivity index (χ2n) is 10.3. The van der Waals surface area contributed by atoms with Crippen LogP contribution in [0, 0.1) is 0 Å². The van der Waals surface area contributed by atoms with Gasteiger partial charge in [0.05, 0.1) is 0 Å². The zero-order chi connectivity index (χ0) is 29.0. The molecule has 0 saturated carbocycles. The second kappa shape index (κ2) is 12.0.